The Labute approximate surface area is 148 Å². The van der Waals surface area contributed by atoms with Gasteiger partial charge < -0.3 is 19.9 Å². The lowest BCUT2D eigenvalue weighted by atomic mass is 9.95. The quantitative estimate of drug-likeness (QED) is 0.766. The molecular weight excluding hydrogens is 320 g/mol. The normalized spacial score (nSPS) is 17.8. The third kappa shape index (κ3) is 4.21. The molecule has 2 aliphatic rings. The lowest BCUT2D eigenvalue weighted by Crippen LogP contribution is -2.37. The highest BCUT2D eigenvalue weighted by Gasteiger charge is 2.28. The number of aromatic nitrogens is 2. The van der Waals surface area contributed by atoms with E-state index < -0.39 is 0 Å². The van der Waals surface area contributed by atoms with Gasteiger partial charge in [0.25, 0.3) is 11.8 Å². The van der Waals surface area contributed by atoms with E-state index in [2.05, 4.69) is 15.6 Å². The van der Waals surface area contributed by atoms with Crippen LogP contribution in [0.15, 0.2) is 0 Å². The molecule has 1 fully saturated rings. The molecular formula is C18H28N4O3. The fourth-order valence-electron chi connectivity index (χ4n) is 3.75. The third-order valence-corrected chi connectivity index (χ3v) is 5.07. The molecule has 1 saturated carbocycles. The Morgan fingerprint density at radius 1 is 1.16 bits per heavy atom. The molecule has 3 rings (SSSR count). The van der Waals surface area contributed by atoms with Crippen molar-refractivity contribution in [2.75, 3.05) is 20.3 Å². The van der Waals surface area contributed by atoms with Crippen LogP contribution in [0.5, 0.6) is 0 Å². The van der Waals surface area contributed by atoms with Crippen LogP contribution in [0, 0.1) is 0 Å². The summed E-state index contributed by atoms with van der Waals surface area (Å²) in [7, 11) is 1.60. The monoisotopic (exact) mass is 348 g/mol. The van der Waals surface area contributed by atoms with Crippen molar-refractivity contribution in [3.05, 3.63) is 17.2 Å². The highest BCUT2D eigenvalue weighted by Crippen LogP contribution is 2.22. The highest BCUT2D eigenvalue weighted by molar-refractivity contribution is 5.97. The predicted octanol–water partition coefficient (Wildman–Crippen LogP) is 1.66. The molecule has 25 heavy (non-hydrogen) atoms. The van der Waals surface area contributed by atoms with Crippen LogP contribution in [0.4, 0.5) is 0 Å². The van der Waals surface area contributed by atoms with E-state index >= 15 is 0 Å². The average molecular weight is 348 g/mol. The van der Waals surface area contributed by atoms with Gasteiger partial charge in [0, 0.05) is 26.2 Å². The van der Waals surface area contributed by atoms with Crippen molar-refractivity contribution in [2.24, 2.45) is 0 Å². The number of carbonyl (C=O) groups excluding carboxylic acids is 2. The lowest BCUT2D eigenvalue weighted by molar-refractivity contribution is 0.0911. The maximum Gasteiger partial charge on any atom is 0.287 e. The molecule has 7 heteroatoms. The fraction of sp³-hybridized carbons (Fsp3) is 0.722. The number of methoxy groups -OCH3 is 1. The minimum absolute atomic E-state index is 0.147. The number of ether oxygens (including phenoxy) is 1. The second-order valence-electron chi connectivity index (χ2n) is 6.90. The number of hydrogen-bond donors (Lipinski definition) is 2. The molecule has 1 aliphatic heterocycles. The molecule has 2 N–H and O–H groups in total. The Kier molecular flexibility index (Phi) is 6.07. The Balaban J connectivity index is 1.76. The molecule has 1 aromatic heterocycles. The van der Waals surface area contributed by atoms with E-state index in [1.54, 1.807) is 7.11 Å². The molecule has 0 aromatic carbocycles. The number of hydrogen-bond acceptors (Lipinski definition) is 4. The minimum atomic E-state index is -0.223. The van der Waals surface area contributed by atoms with Crippen LogP contribution in [0.1, 0.15) is 71.7 Å². The van der Waals surface area contributed by atoms with Crippen molar-refractivity contribution >= 4 is 11.8 Å². The van der Waals surface area contributed by atoms with Crippen LogP contribution in [-0.2, 0) is 17.7 Å². The van der Waals surface area contributed by atoms with E-state index in [4.69, 9.17) is 4.74 Å². The van der Waals surface area contributed by atoms with E-state index in [9.17, 15) is 9.59 Å². The summed E-state index contributed by atoms with van der Waals surface area (Å²) in [6.07, 6.45) is 8.46. The number of carbonyl (C=O) groups is 2. The summed E-state index contributed by atoms with van der Waals surface area (Å²) in [4.78, 5) is 29.6. The van der Waals surface area contributed by atoms with Gasteiger partial charge in [-0.15, -0.1) is 0 Å². The Morgan fingerprint density at radius 2 is 1.96 bits per heavy atom. The van der Waals surface area contributed by atoms with Gasteiger partial charge in [-0.3, -0.25) is 9.59 Å². The van der Waals surface area contributed by atoms with Gasteiger partial charge in [0.1, 0.15) is 5.69 Å². The first kappa shape index (κ1) is 17.9. The maximum atomic E-state index is 12.7. The van der Waals surface area contributed by atoms with Crippen molar-refractivity contribution < 1.29 is 14.3 Å². The fourth-order valence-corrected chi connectivity index (χ4v) is 3.75. The summed E-state index contributed by atoms with van der Waals surface area (Å²) in [5.74, 6) is 0.0163. The van der Waals surface area contributed by atoms with Crippen molar-refractivity contribution in [1.29, 1.82) is 0 Å². The summed E-state index contributed by atoms with van der Waals surface area (Å²) in [5, 5.41) is 5.93. The average Bonchev–Trinajstić information content (AvgIpc) is 3.03. The van der Waals surface area contributed by atoms with Crippen LogP contribution in [0.2, 0.25) is 0 Å². The topological polar surface area (TPSA) is 85.2 Å². The van der Waals surface area contributed by atoms with Crippen molar-refractivity contribution in [2.45, 2.75) is 64.0 Å². The first-order valence-electron chi connectivity index (χ1n) is 9.38. The second kappa shape index (κ2) is 8.47. The number of rotatable bonds is 6. The number of fused-ring (bicyclic) bond motifs is 1. The first-order chi connectivity index (χ1) is 12.2. The number of nitrogens with zero attached hydrogens (tertiary/aromatic N) is 2. The van der Waals surface area contributed by atoms with Crippen LogP contribution in [0.25, 0.3) is 0 Å². The summed E-state index contributed by atoms with van der Waals surface area (Å²) in [5.41, 5.74) is 1.28. The smallest absolute Gasteiger partial charge is 0.287 e. The lowest BCUT2D eigenvalue weighted by Gasteiger charge is -2.23. The van der Waals surface area contributed by atoms with E-state index in [0.29, 0.717) is 24.7 Å². The molecule has 1 aromatic rings. The molecule has 0 atom stereocenters. The molecule has 2 amide bonds. The zero-order valence-electron chi connectivity index (χ0n) is 15.0. The van der Waals surface area contributed by atoms with E-state index in [1.807, 2.05) is 4.57 Å². The molecule has 2 heterocycles. The SMILES string of the molecule is COCCNC(=O)c1nc(C(=O)NC2CCCCC2)n2c1CCCC2. The molecule has 0 unspecified atom stereocenters. The molecule has 138 valence electrons. The van der Waals surface area contributed by atoms with Gasteiger partial charge in [-0.1, -0.05) is 19.3 Å². The molecule has 0 spiro atoms. The predicted molar refractivity (Wildman–Crippen MR) is 93.7 cm³/mol. The van der Waals surface area contributed by atoms with E-state index in [0.717, 1.165) is 57.2 Å². The molecule has 0 radical (unpaired) electrons. The minimum Gasteiger partial charge on any atom is -0.383 e. The Morgan fingerprint density at radius 3 is 2.72 bits per heavy atom. The summed E-state index contributed by atoms with van der Waals surface area (Å²) < 4.78 is 6.90. The molecule has 1 aliphatic carbocycles. The van der Waals surface area contributed by atoms with Gasteiger partial charge in [0.05, 0.1) is 12.3 Å². The maximum absolute atomic E-state index is 12.7. The number of nitrogens with one attached hydrogen (secondary N) is 2. The van der Waals surface area contributed by atoms with E-state index in [1.165, 1.54) is 6.42 Å². The number of imidazole rings is 1. The number of amides is 2. The third-order valence-electron chi connectivity index (χ3n) is 5.07. The van der Waals surface area contributed by atoms with Gasteiger partial charge in [0.2, 0.25) is 0 Å². The Hall–Kier alpha value is -1.89. The molecule has 0 saturated heterocycles. The largest absolute Gasteiger partial charge is 0.383 e. The van der Waals surface area contributed by atoms with Gasteiger partial charge in [-0.05, 0) is 32.1 Å². The molecule has 0 bridgehead atoms. The van der Waals surface area contributed by atoms with E-state index in [-0.39, 0.29) is 17.9 Å². The van der Waals surface area contributed by atoms with Gasteiger partial charge in [-0.25, -0.2) is 4.98 Å². The highest BCUT2D eigenvalue weighted by atomic mass is 16.5. The van der Waals surface area contributed by atoms with Crippen molar-refractivity contribution in [3.63, 3.8) is 0 Å². The summed E-state index contributed by atoms with van der Waals surface area (Å²) in [6, 6.07) is 0.233. The van der Waals surface area contributed by atoms with Crippen molar-refractivity contribution in [3.8, 4) is 0 Å². The molecule has 7 nitrogen and oxygen atoms in total. The summed E-state index contributed by atoms with van der Waals surface area (Å²) >= 11 is 0. The van der Waals surface area contributed by atoms with Crippen LogP contribution >= 0.6 is 0 Å². The summed E-state index contributed by atoms with van der Waals surface area (Å²) in [6.45, 7) is 1.64. The van der Waals surface area contributed by atoms with Crippen LogP contribution < -0.4 is 10.6 Å². The standard InChI is InChI=1S/C18H28N4O3/c1-25-12-10-19-17(23)15-14-9-5-6-11-22(14)16(21-15)18(24)20-13-7-3-2-4-8-13/h13H,2-12H2,1H3,(H,19,23)(H,20,24). The first-order valence-corrected chi connectivity index (χ1v) is 9.38. The van der Waals surface area contributed by atoms with Gasteiger partial charge in [0.15, 0.2) is 5.82 Å². The van der Waals surface area contributed by atoms with Gasteiger partial charge in [-0.2, -0.15) is 0 Å². The van der Waals surface area contributed by atoms with Gasteiger partial charge >= 0.3 is 0 Å². The zero-order valence-corrected chi connectivity index (χ0v) is 15.0. The zero-order chi connectivity index (χ0) is 17.6. The second-order valence-corrected chi connectivity index (χ2v) is 6.90. The van der Waals surface area contributed by atoms with Crippen molar-refractivity contribution in [1.82, 2.24) is 20.2 Å². The van der Waals surface area contributed by atoms with Crippen LogP contribution in [-0.4, -0.2) is 47.7 Å². The van der Waals surface area contributed by atoms with Crippen LogP contribution in [0.3, 0.4) is 0 Å². The Bertz CT molecular complexity index is 620.